The molecule has 1 aromatic carbocycles. The lowest BCUT2D eigenvalue weighted by Crippen LogP contribution is -2.39. The van der Waals surface area contributed by atoms with E-state index in [0.29, 0.717) is 6.42 Å². The maximum absolute atomic E-state index is 14.1. The molecule has 3 rings (SSSR count). The molecular formula is C13H13F2N3O4. The minimum atomic E-state index is -1.52. The van der Waals surface area contributed by atoms with Gasteiger partial charge in [0, 0.05) is 17.5 Å². The molecule has 0 saturated heterocycles. The summed E-state index contributed by atoms with van der Waals surface area (Å²) in [5.74, 6) is -1.58. The highest BCUT2D eigenvalue weighted by atomic mass is 19.1. The average molecular weight is 313 g/mol. The summed E-state index contributed by atoms with van der Waals surface area (Å²) in [5.41, 5.74) is 3.51. The van der Waals surface area contributed by atoms with Gasteiger partial charge in [-0.05, 0) is 6.42 Å². The highest BCUT2D eigenvalue weighted by Gasteiger charge is 2.60. The minimum Gasteiger partial charge on any atom is -0.493 e. The second-order valence-corrected chi connectivity index (χ2v) is 5.27. The van der Waals surface area contributed by atoms with Gasteiger partial charge in [-0.2, -0.15) is 0 Å². The van der Waals surface area contributed by atoms with Crippen LogP contribution in [0.15, 0.2) is 17.1 Å². The molecule has 0 radical (unpaired) electrons. The minimum absolute atomic E-state index is 0.0250. The van der Waals surface area contributed by atoms with Crippen LogP contribution in [0.3, 0.4) is 0 Å². The summed E-state index contributed by atoms with van der Waals surface area (Å²) >= 11 is 0. The second kappa shape index (κ2) is 4.79. The third kappa shape index (κ3) is 1.96. The molecule has 1 heterocycles. The van der Waals surface area contributed by atoms with Crippen molar-refractivity contribution in [3.8, 4) is 5.75 Å². The first-order chi connectivity index (χ1) is 10.4. The lowest BCUT2D eigenvalue weighted by Gasteiger charge is -2.32. The fourth-order valence-corrected chi connectivity index (χ4v) is 2.94. The number of halogens is 2. The van der Waals surface area contributed by atoms with Crippen LogP contribution < -0.4 is 10.5 Å². The van der Waals surface area contributed by atoms with Crippen LogP contribution in [0.2, 0.25) is 0 Å². The van der Waals surface area contributed by atoms with Gasteiger partial charge < -0.3 is 15.2 Å². The number of hydrogen-bond acceptors (Lipinski definition) is 6. The molecule has 1 aliphatic carbocycles. The van der Waals surface area contributed by atoms with Crippen molar-refractivity contribution in [3.63, 3.8) is 0 Å². The molecule has 3 atom stereocenters. The number of aliphatic imine (C=N–C) groups is 1. The maximum Gasteiger partial charge on any atom is 0.283 e. The van der Waals surface area contributed by atoms with Crippen LogP contribution in [-0.4, -0.2) is 30.8 Å². The monoisotopic (exact) mass is 313 g/mol. The summed E-state index contributed by atoms with van der Waals surface area (Å²) in [6.07, 6.45) is 0.168. The van der Waals surface area contributed by atoms with Gasteiger partial charge in [-0.3, -0.25) is 10.1 Å². The first-order valence-corrected chi connectivity index (χ1v) is 6.53. The Morgan fingerprint density at radius 1 is 1.64 bits per heavy atom. The van der Waals surface area contributed by atoms with Crippen molar-refractivity contribution in [3.05, 3.63) is 33.6 Å². The Morgan fingerprint density at radius 3 is 2.95 bits per heavy atom. The van der Waals surface area contributed by atoms with E-state index < -0.39 is 28.6 Å². The van der Waals surface area contributed by atoms with Crippen LogP contribution >= 0.6 is 0 Å². The van der Waals surface area contributed by atoms with Crippen molar-refractivity contribution in [2.24, 2.45) is 16.6 Å². The van der Waals surface area contributed by atoms with Crippen molar-refractivity contribution >= 4 is 11.7 Å². The number of amidine groups is 1. The van der Waals surface area contributed by atoms with E-state index in [0.717, 1.165) is 12.1 Å². The molecule has 1 unspecified atom stereocenters. The zero-order valence-electron chi connectivity index (χ0n) is 11.6. The molecule has 1 fully saturated rings. The number of rotatable bonds is 4. The highest BCUT2D eigenvalue weighted by molar-refractivity contribution is 5.74. The number of nitrogens with two attached hydrogens (primary N) is 1. The van der Waals surface area contributed by atoms with Crippen molar-refractivity contribution in [2.75, 3.05) is 13.8 Å². The smallest absolute Gasteiger partial charge is 0.283 e. The Balaban J connectivity index is 2.24. The van der Waals surface area contributed by atoms with Gasteiger partial charge >= 0.3 is 0 Å². The quantitative estimate of drug-likeness (QED) is 0.673. The molecule has 1 saturated carbocycles. The van der Waals surface area contributed by atoms with E-state index in [2.05, 4.69) is 4.99 Å². The number of nitro benzene ring substituents is 1. The normalized spacial score (nSPS) is 29.1. The lowest BCUT2D eigenvalue weighted by atomic mass is 9.85. The molecule has 118 valence electrons. The molecule has 0 aromatic heterocycles. The highest BCUT2D eigenvalue weighted by Crippen LogP contribution is 2.55. The number of hydrogen-bond donors (Lipinski definition) is 1. The Hall–Kier alpha value is -2.45. The molecule has 2 aliphatic rings. The van der Waals surface area contributed by atoms with Gasteiger partial charge in [0.15, 0.2) is 11.6 Å². The van der Waals surface area contributed by atoms with E-state index in [1.54, 1.807) is 0 Å². The maximum atomic E-state index is 14.1. The Morgan fingerprint density at radius 2 is 2.36 bits per heavy atom. The zero-order valence-corrected chi connectivity index (χ0v) is 11.6. The van der Waals surface area contributed by atoms with Gasteiger partial charge in [-0.1, -0.05) is 0 Å². The van der Waals surface area contributed by atoms with Crippen molar-refractivity contribution < 1.29 is 23.2 Å². The average Bonchev–Trinajstić information content (AvgIpc) is 3.24. The van der Waals surface area contributed by atoms with E-state index in [1.165, 1.54) is 7.11 Å². The topological polar surface area (TPSA) is 100.0 Å². The Bertz CT molecular complexity index is 681. The second-order valence-electron chi connectivity index (χ2n) is 5.27. The molecule has 1 aliphatic heterocycles. The molecule has 22 heavy (non-hydrogen) atoms. The van der Waals surface area contributed by atoms with E-state index in [1.807, 2.05) is 0 Å². The lowest BCUT2D eigenvalue weighted by molar-refractivity contribution is -0.385. The van der Waals surface area contributed by atoms with Crippen molar-refractivity contribution in [1.82, 2.24) is 0 Å². The molecule has 0 bridgehead atoms. The first-order valence-electron chi connectivity index (χ1n) is 6.53. The van der Waals surface area contributed by atoms with E-state index in [9.17, 15) is 18.9 Å². The third-order valence-corrected chi connectivity index (χ3v) is 4.04. The molecule has 1 aromatic rings. The van der Waals surface area contributed by atoms with E-state index in [-0.39, 0.29) is 29.4 Å². The van der Waals surface area contributed by atoms with Crippen LogP contribution in [0.5, 0.6) is 5.75 Å². The fourth-order valence-electron chi connectivity index (χ4n) is 2.94. The summed E-state index contributed by atoms with van der Waals surface area (Å²) in [7, 11) is 1.20. The molecule has 7 nitrogen and oxygen atoms in total. The van der Waals surface area contributed by atoms with Crippen molar-refractivity contribution in [1.29, 1.82) is 0 Å². The summed E-state index contributed by atoms with van der Waals surface area (Å²) in [6.45, 7) is -0.991. The van der Waals surface area contributed by atoms with Gasteiger partial charge in [0.1, 0.15) is 18.3 Å². The predicted molar refractivity (Wildman–Crippen MR) is 71.9 cm³/mol. The predicted octanol–water partition coefficient (Wildman–Crippen LogP) is 1.64. The summed E-state index contributed by atoms with van der Waals surface area (Å²) < 4.78 is 38.2. The Kier molecular flexibility index (Phi) is 3.15. The summed E-state index contributed by atoms with van der Waals surface area (Å²) in [4.78, 5) is 14.2. The molecule has 0 amide bonds. The third-order valence-electron chi connectivity index (χ3n) is 4.04. The first kappa shape index (κ1) is 14.5. The molecular weight excluding hydrogens is 300 g/mol. The number of methoxy groups -OCH3 is 1. The SMILES string of the molecule is COc1c(F)cc([N+](=O)[O-])cc1[C@@]1(CF)N=C(N)OC2C[C@@H]21. The van der Waals surface area contributed by atoms with Crippen molar-refractivity contribution in [2.45, 2.75) is 18.1 Å². The number of non-ortho nitro benzene ring substituents is 1. The molecule has 0 spiro atoms. The van der Waals surface area contributed by atoms with E-state index >= 15 is 0 Å². The number of alkyl halides is 1. The van der Waals surface area contributed by atoms with Gasteiger partial charge in [0.2, 0.25) is 0 Å². The number of fused-ring (bicyclic) bond motifs is 1. The van der Waals surface area contributed by atoms with Crippen LogP contribution in [0.4, 0.5) is 14.5 Å². The Labute approximate surface area is 123 Å². The van der Waals surface area contributed by atoms with Crippen LogP contribution in [0.1, 0.15) is 12.0 Å². The number of nitro groups is 1. The molecule has 2 N–H and O–H groups in total. The largest absolute Gasteiger partial charge is 0.493 e. The standard InChI is InChI=1S/C13H13F2N3O4/c1-21-11-8(2-6(18(19)20)3-9(11)15)13(5-14)7-4-10(7)22-12(16)17-13/h2-3,7,10H,4-5H2,1H3,(H2,16,17)/t7-,10?,13-/m0/s1. The summed E-state index contributed by atoms with van der Waals surface area (Å²) in [6, 6.07) is 1.59. The van der Waals surface area contributed by atoms with Gasteiger partial charge in [-0.15, -0.1) is 0 Å². The van der Waals surface area contributed by atoms with E-state index in [4.69, 9.17) is 15.2 Å². The van der Waals surface area contributed by atoms with Crippen LogP contribution in [-0.2, 0) is 10.3 Å². The van der Waals surface area contributed by atoms with Crippen LogP contribution in [0.25, 0.3) is 0 Å². The summed E-state index contributed by atoms with van der Waals surface area (Å²) in [5, 5.41) is 11.0. The van der Waals surface area contributed by atoms with Gasteiger partial charge in [0.25, 0.3) is 11.7 Å². The zero-order chi connectivity index (χ0) is 16.1. The van der Waals surface area contributed by atoms with Crippen LogP contribution in [0, 0.1) is 21.8 Å². The van der Waals surface area contributed by atoms with Gasteiger partial charge in [-0.25, -0.2) is 13.8 Å². The fraction of sp³-hybridized carbons (Fsp3) is 0.462. The van der Waals surface area contributed by atoms with Gasteiger partial charge in [0.05, 0.1) is 18.1 Å². The number of benzene rings is 1. The number of nitrogens with zero attached hydrogens (tertiary/aromatic N) is 2. The number of ether oxygens (including phenoxy) is 2. The molecule has 9 heteroatoms.